The highest BCUT2D eigenvalue weighted by Gasteiger charge is 2.38. The molecule has 1 heterocycles. The van der Waals surface area contributed by atoms with Crippen LogP contribution in [-0.2, 0) is 19.6 Å². The maximum Gasteiger partial charge on any atom is 0.490 e. The summed E-state index contributed by atoms with van der Waals surface area (Å²) in [5.74, 6) is -2.76. The lowest BCUT2D eigenvalue weighted by atomic mass is 9.67. The van der Waals surface area contributed by atoms with E-state index in [4.69, 9.17) is 14.6 Å². The summed E-state index contributed by atoms with van der Waals surface area (Å²) < 4.78 is 66.5. The zero-order valence-electron chi connectivity index (χ0n) is 20.5. The van der Waals surface area contributed by atoms with Crippen molar-refractivity contribution in [1.82, 2.24) is 9.62 Å². The summed E-state index contributed by atoms with van der Waals surface area (Å²) in [6, 6.07) is 5.87. The van der Waals surface area contributed by atoms with E-state index >= 15 is 0 Å². The van der Waals surface area contributed by atoms with Crippen LogP contribution in [0.15, 0.2) is 27.6 Å². The minimum atomic E-state index is -5.08. The Balaban J connectivity index is 0.000000572. The summed E-state index contributed by atoms with van der Waals surface area (Å²) in [6.07, 6.45) is 1.30. The molecule has 0 radical (unpaired) electrons. The Morgan fingerprint density at radius 2 is 1.89 bits per heavy atom. The molecule has 3 rings (SSSR count). The Labute approximate surface area is 219 Å². The number of hydrogen-bond donors (Lipinski definition) is 3. The number of anilines is 1. The molecule has 1 saturated heterocycles. The lowest BCUT2D eigenvalue weighted by molar-refractivity contribution is -0.192. The smallest absolute Gasteiger partial charge is 0.475 e. The molecule has 1 aliphatic carbocycles. The molecular weight excluding hydrogens is 567 g/mol. The third-order valence-corrected chi connectivity index (χ3v) is 8.96. The minimum Gasteiger partial charge on any atom is -0.475 e. The number of halogens is 4. The molecule has 0 spiro atoms. The van der Waals surface area contributed by atoms with E-state index in [1.54, 1.807) is 6.07 Å². The summed E-state index contributed by atoms with van der Waals surface area (Å²) in [6.45, 7) is 6.02. The Morgan fingerprint density at radius 1 is 1.28 bits per heavy atom. The summed E-state index contributed by atoms with van der Waals surface area (Å²) in [5.41, 5.74) is 1.00. The van der Waals surface area contributed by atoms with Crippen LogP contribution in [-0.4, -0.2) is 76.5 Å². The largest absolute Gasteiger partial charge is 0.490 e. The number of aliphatic carboxylic acids is 1. The Morgan fingerprint density at radius 3 is 2.36 bits per heavy atom. The van der Waals surface area contributed by atoms with Crippen LogP contribution < -0.4 is 10.0 Å². The zero-order valence-corrected chi connectivity index (χ0v) is 22.9. The molecule has 1 aromatic carbocycles. The number of benzene rings is 1. The molecule has 1 aromatic rings. The summed E-state index contributed by atoms with van der Waals surface area (Å²) in [5, 5.41) is 10.7. The van der Waals surface area contributed by atoms with Gasteiger partial charge in [0.2, 0.25) is 10.0 Å². The van der Waals surface area contributed by atoms with Crippen LogP contribution in [0.2, 0.25) is 0 Å². The third kappa shape index (κ3) is 9.47. The normalized spacial score (nSPS) is 18.6. The quantitative estimate of drug-likeness (QED) is 0.340. The summed E-state index contributed by atoms with van der Waals surface area (Å²) in [4.78, 5) is 11.5. The van der Waals surface area contributed by atoms with Gasteiger partial charge in [-0.2, -0.15) is 13.2 Å². The van der Waals surface area contributed by atoms with E-state index in [1.165, 1.54) is 0 Å². The fraction of sp³-hybridized carbons (Fsp3) is 0.696. The van der Waals surface area contributed by atoms with Gasteiger partial charge in [0.1, 0.15) is 0 Å². The fourth-order valence-corrected chi connectivity index (χ4v) is 6.38. The predicted molar refractivity (Wildman–Crippen MR) is 135 cm³/mol. The summed E-state index contributed by atoms with van der Waals surface area (Å²) in [7, 11) is -1.42. The topological polar surface area (TPSA) is 108 Å². The van der Waals surface area contributed by atoms with Crippen molar-refractivity contribution in [2.45, 2.75) is 62.6 Å². The van der Waals surface area contributed by atoms with Crippen molar-refractivity contribution in [3.05, 3.63) is 22.7 Å². The number of likely N-dealkylation sites (tertiary alicyclic amines) is 1. The van der Waals surface area contributed by atoms with Gasteiger partial charge in [-0.25, -0.2) is 17.9 Å². The monoisotopic (exact) mass is 601 g/mol. The second kappa shape index (κ2) is 13.4. The van der Waals surface area contributed by atoms with Crippen molar-refractivity contribution in [2.24, 2.45) is 5.41 Å². The van der Waals surface area contributed by atoms with E-state index in [0.717, 1.165) is 57.3 Å². The predicted octanol–water partition coefficient (Wildman–Crippen LogP) is 4.46. The zero-order chi connectivity index (χ0) is 27.0. The minimum absolute atomic E-state index is 0.0460. The molecule has 13 heteroatoms. The number of sulfonamides is 1. The number of piperidine rings is 1. The lowest BCUT2D eigenvalue weighted by Crippen LogP contribution is -2.43. The lowest BCUT2D eigenvalue weighted by Gasteiger charge is -2.42. The standard InChI is InChI=1S/C21H34BrN3O3S.C2HF3O2/c1-3-28-14-11-21(9-4-10-21)16-23-29(26,27)20-6-5-18(15-19(20)22)24-17-7-12-25(2)13-8-17;3-2(4,5)1(6)7/h5-6,15,17,23-24H,3-4,7-14,16H2,1-2H3;(H,6,7). The molecular formula is C23H35BrF3N3O5S. The van der Waals surface area contributed by atoms with Gasteiger partial charge >= 0.3 is 12.1 Å². The van der Waals surface area contributed by atoms with Crippen LogP contribution >= 0.6 is 15.9 Å². The Kier molecular flexibility index (Phi) is 11.5. The average molecular weight is 603 g/mol. The van der Waals surface area contributed by atoms with Gasteiger partial charge in [0, 0.05) is 36.0 Å². The molecule has 8 nitrogen and oxygen atoms in total. The molecule has 0 amide bonds. The van der Waals surface area contributed by atoms with Crippen LogP contribution in [0.1, 0.15) is 45.4 Å². The number of carboxylic acid groups (broad SMARTS) is 1. The molecule has 0 atom stereocenters. The second-order valence-electron chi connectivity index (χ2n) is 9.30. The van der Waals surface area contributed by atoms with E-state index in [0.29, 0.717) is 35.2 Å². The van der Waals surface area contributed by atoms with Crippen molar-refractivity contribution in [3.63, 3.8) is 0 Å². The number of nitrogens with one attached hydrogen (secondary N) is 2. The molecule has 1 saturated carbocycles. The number of alkyl halides is 3. The maximum absolute atomic E-state index is 12.9. The van der Waals surface area contributed by atoms with Gasteiger partial charge in [-0.05, 0) is 98.7 Å². The van der Waals surface area contributed by atoms with Crippen molar-refractivity contribution in [3.8, 4) is 0 Å². The van der Waals surface area contributed by atoms with E-state index in [9.17, 15) is 21.6 Å². The van der Waals surface area contributed by atoms with Gasteiger partial charge in [0.05, 0.1) is 4.90 Å². The van der Waals surface area contributed by atoms with Crippen LogP contribution in [0.25, 0.3) is 0 Å². The number of carbonyl (C=O) groups is 1. The first kappa shape index (κ1) is 30.8. The van der Waals surface area contributed by atoms with Crippen LogP contribution in [0.5, 0.6) is 0 Å². The molecule has 1 aliphatic heterocycles. The van der Waals surface area contributed by atoms with Gasteiger partial charge < -0.3 is 20.1 Å². The van der Waals surface area contributed by atoms with Crippen LogP contribution in [0.3, 0.4) is 0 Å². The third-order valence-electron chi connectivity index (χ3n) is 6.59. The number of nitrogens with zero attached hydrogens (tertiary/aromatic N) is 1. The van der Waals surface area contributed by atoms with Crippen molar-refractivity contribution in [2.75, 3.05) is 45.2 Å². The number of ether oxygens (including phenoxy) is 1. The number of hydrogen-bond acceptors (Lipinski definition) is 6. The van der Waals surface area contributed by atoms with Crippen LogP contribution in [0.4, 0.5) is 18.9 Å². The Hall–Kier alpha value is -1.41. The van der Waals surface area contributed by atoms with E-state index in [2.05, 4.69) is 37.9 Å². The average Bonchev–Trinajstić information content (AvgIpc) is 2.76. The van der Waals surface area contributed by atoms with E-state index in [1.807, 2.05) is 19.1 Å². The molecule has 0 unspecified atom stereocenters. The second-order valence-corrected chi connectivity index (χ2v) is 11.9. The first-order chi connectivity index (χ1) is 16.8. The first-order valence-corrected chi connectivity index (χ1v) is 14.2. The molecule has 36 heavy (non-hydrogen) atoms. The highest BCUT2D eigenvalue weighted by atomic mass is 79.9. The SMILES string of the molecule is CCOCCC1(CNS(=O)(=O)c2ccc(NC3CCN(C)CC3)cc2Br)CCC1.O=C(O)C(F)(F)F. The summed E-state index contributed by atoms with van der Waals surface area (Å²) >= 11 is 3.47. The van der Waals surface area contributed by atoms with Crippen molar-refractivity contribution in [1.29, 1.82) is 0 Å². The molecule has 2 fully saturated rings. The Bertz CT molecular complexity index is 966. The van der Waals surface area contributed by atoms with Gasteiger partial charge in [0.25, 0.3) is 0 Å². The molecule has 3 N–H and O–H groups in total. The van der Waals surface area contributed by atoms with Gasteiger partial charge in [-0.1, -0.05) is 6.42 Å². The van der Waals surface area contributed by atoms with E-state index < -0.39 is 22.2 Å². The van der Waals surface area contributed by atoms with Gasteiger partial charge in [0.15, 0.2) is 0 Å². The molecule has 0 bridgehead atoms. The molecule has 206 valence electrons. The van der Waals surface area contributed by atoms with Gasteiger partial charge in [-0.15, -0.1) is 0 Å². The number of rotatable bonds is 10. The number of carboxylic acids is 1. The highest BCUT2D eigenvalue weighted by molar-refractivity contribution is 9.10. The highest BCUT2D eigenvalue weighted by Crippen LogP contribution is 2.43. The van der Waals surface area contributed by atoms with Crippen LogP contribution in [0, 0.1) is 5.41 Å². The molecule has 2 aliphatic rings. The maximum atomic E-state index is 12.9. The van der Waals surface area contributed by atoms with Gasteiger partial charge in [-0.3, -0.25) is 0 Å². The van der Waals surface area contributed by atoms with Crippen molar-refractivity contribution < 1.29 is 36.2 Å². The van der Waals surface area contributed by atoms with Crippen molar-refractivity contribution >= 4 is 37.6 Å². The molecule has 0 aromatic heterocycles. The fourth-order valence-electron chi connectivity index (χ4n) is 4.15. The first-order valence-electron chi connectivity index (χ1n) is 11.9. The van der Waals surface area contributed by atoms with E-state index in [-0.39, 0.29) is 5.41 Å².